The van der Waals surface area contributed by atoms with Crippen molar-refractivity contribution in [1.29, 1.82) is 0 Å². The largest absolute Gasteiger partial charge is 0.347 e. The fourth-order valence-electron chi connectivity index (χ4n) is 21.9. The van der Waals surface area contributed by atoms with Crippen LogP contribution >= 0.6 is 0 Å². The molecule has 38 heteroatoms. The molecule has 5 saturated heterocycles. The number of hydrogen-bond donors (Lipinski definition) is 5. The fraction of sp³-hybridized carbons (Fsp3) is 0.364. The summed E-state index contributed by atoms with van der Waals surface area (Å²) >= 11 is 0. The number of piperidine rings is 5. The van der Waals surface area contributed by atoms with Crippen LogP contribution in [0.5, 0.6) is 0 Å². The maximum Gasteiger partial charge on any atom is 0.260 e. The van der Waals surface area contributed by atoms with Crippen molar-refractivity contribution >= 4 is 105 Å². The van der Waals surface area contributed by atoms with Crippen LogP contribution in [0.25, 0.3) is 110 Å². The van der Waals surface area contributed by atoms with Gasteiger partial charge in [0, 0.05) is 273 Å². The molecule has 24 rings (SSSR count). The smallest absolute Gasteiger partial charge is 0.260 e. The number of benzene rings is 5. The Morgan fingerprint density at radius 1 is 0.291 bits per heavy atom. The molecule has 5 aromatic carbocycles. The predicted molar refractivity (Wildman–Crippen MR) is 578 cm³/mol. The molecule has 33 nitrogen and oxygen atoms in total. The number of fused-ring (bicyclic) bond motifs is 5. The maximum atomic E-state index is 13.0. The van der Waals surface area contributed by atoms with Crippen molar-refractivity contribution < 1.29 is 42.1 Å². The third kappa shape index (κ3) is 23.3. The van der Waals surface area contributed by atoms with E-state index < -0.39 is 50.1 Å². The van der Waals surface area contributed by atoms with Crippen LogP contribution in [0.2, 0.25) is 0 Å². The average Bonchev–Trinajstić information content (AvgIpc) is 1.45. The minimum absolute atomic E-state index is 0.138. The van der Waals surface area contributed by atoms with Crippen LogP contribution in [-0.4, -0.2) is 229 Å². The molecule has 772 valence electrons. The highest BCUT2D eigenvalue weighted by Gasteiger charge is 2.38. The van der Waals surface area contributed by atoms with Crippen LogP contribution in [0.3, 0.4) is 0 Å². The molecule has 0 bridgehead atoms. The van der Waals surface area contributed by atoms with Gasteiger partial charge in [-0.25, -0.2) is 55.7 Å². The van der Waals surface area contributed by atoms with Gasteiger partial charge in [-0.3, -0.25) is 35.5 Å². The van der Waals surface area contributed by atoms with Crippen LogP contribution in [0.4, 0.5) is 0 Å². The summed E-state index contributed by atoms with van der Waals surface area (Å²) in [6.45, 7) is 16.0. The second-order valence-electron chi connectivity index (χ2n) is 40.5. The first-order valence-electron chi connectivity index (χ1n) is 51.2. The fourth-order valence-corrected chi connectivity index (χ4v) is 29.4. The highest BCUT2D eigenvalue weighted by molar-refractivity contribution is 7.90. The number of H-pyrrole nitrogens is 5. The summed E-state index contributed by atoms with van der Waals surface area (Å²) in [5, 5.41) is 40.5. The van der Waals surface area contributed by atoms with Crippen LogP contribution in [-0.2, 0) is 82.8 Å². The van der Waals surface area contributed by atoms with Crippen molar-refractivity contribution in [3.63, 3.8) is 0 Å². The third-order valence-electron chi connectivity index (χ3n) is 30.5. The molecule has 1 aliphatic carbocycles. The lowest BCUT2D eigenvalue weighted by Crippen LogP contribution is -2.44. The zero-order chi connectivity index (χ0) is 102. The molecule has 5 aliphatic heterocycles. The number of aromatic amines is 5. The Labute approximate surface area is 863 Å². The van der Waals surface area contributed by atoms with Gasteiger partial charge in [0.1, 0.15) is 4.90 Å². The first kappa shape index (κ1) is 102. The molecule has 5 N–H and O–H groups in total. The van der Waals surface area contributed by atoms with Gasteiger partial charge in [0.05, 0.1) is 47.4 Å². The van der Waals surface area contributed by atoms with E-state index in [1.54, 1.807) is 77.5 Å². The van der Waals surface area contributed by atoms with Gasteiger partial charge >= 0.3 is 0 Å². The van der Waals surface area contributed by atoms with Gasteiger partial charge in [0.2, 0.25) is 40.1 Å². The first-order valence-corrected chi connectivity index (χ1v) is 58.9. The third-order valence-corrected chi connectivity index (χ3v) is 40.0. The van der Waals surface area contributed by atoms with Crippen LogP contribution < -0.4 is 0 Å². The summed E-state index contributed by atoms with van der Waals surface area (Å²) in [5.74, 6) is 2.39. The Morgan fingerprint density at radius 3 is 0.919 bits per heavy atom. The Morgan fingerprint density at radius 2 is 0.615 bits per heavy atom. The minimum atomic E-state index is -3.52. The topological polar surface area (TPSA) is 394 Å². The number of pyridine rings is 3. The van der Waals surface area contributed by atoms with Gasteiger partial charge in [-0.1, -0.05) is 55.7 Å². The van der Waals surface area contributed by atoms with E-state index in [0.29, 0.717) is 105 Å². The van der Waals surface area contributed by atoms with Crippen molar-refractivity contribution in [2.75, 3.05) is 71.7 Å². The van der Waals surface area contributed by atoms with Crippen LogP contribution in [0, 0.1) is 50.4 Å². The minimum Gasteiger partial charge on any atom is -0.347 e. The van der Waals surface area contributed by atoms with Crippen LogP contribution in [0.15, 0.2) is 284 Å². The summed E-state index contributed by atoms with van der Waals surface area (Å²) in [6, 6.07) is 49.8. The molecular weight excluding hydrogens is 1960 g/mol. The molecule has 6 fully saturated rings. The average molecular weight is 2090 g/mol. The van der Waals surface area contributed by atoms with Crippen molar-refractivity contribution in [1.82, 2.24) is 110 Å². The van der Waals surface area contributed by atoms with Gasteiger partial charge < -0.3 is 22.8 Å². The van der Waals surface area contributed by atoms with E-state index in [4.69, 9.17) is 0 Å². The SMILES string of the molecule is CS(=O)(=O)N1CCC(Cn2ccc3cc(-c4cn[nH]c4)ccc32)CC1.Cc1ccc(S(=O)(=O)N2CCC(Cn3ccc4cc(-c5cn[nH]c5)ccc43)CC2)nc1.Cc1cncc(S(=O)(=O)N2CCC(Cn3ccc4cc(-c5cn[nH]c5)ccc43)CC2)c1.Cc1cnccc1S(=O)(=O)N1CCC(Cn2ccc3cc(-c4cn[nH]c4)ccc32)CC1.O=S(=O)(C1CCCCC1)N1CCC(Cn2ccc3cc(-c4cn[nH]c4)ccc32)CC1. The number of nitrogens with one attached hydrogen (secondary N) is 5. The maximum absolute atomic E-state index is 13.0. The highest BCUT2D eigenvalue weighted by atomic mass is 32.2. The number of aryl methyl sites for hydroxylation is 3. The number of hydrogen-bond acceptors (Lipinski definition) is 18. The lowest BCUT2D eigenvalue weighted by Gasteiger charge is -2.35. The van der Waals surface area contributed by atoms with Gasteiger partial charge in [-0.15, -0.1) is 0 Å². The van der Waals surface area contributed by atoms with Gasteiger partial charge in [-0.05, 0) is 281 Å². The normalized spacial score (nSPS) is 17.2. The molecule has 6 aliphatic rings. The van der Waals surface area contributed by atoms with Gasteiger partial charge in [0.25, 0.3) is 10.0 Å². The standard InChI is InChI=1S/3C23H25N5O2S.C23H30N4O2S.C18H22N4O2S/c1-17-2-5-23(24-13-17)31(29,30)28-10-6-18(7-11-28)16-27-9-8-20-12-19(3-4-22(20)27)21-14-25-26-15-21;1-17-13-24-8-4-23(17)31(29,30)28-10-5-18(6-11-28)16-27-9-7-20-12-19(2-3-22(20)27)21-14-25-26-15-21;1-17-10-22(15-24-12-17)31(29,30)28-8-4-18(5-9-28)16-27-7-6-20-11-19(2-3-23(20)27)21-13-25-26-14-21;28-30(29,22-4-2-1-3-5-22)27-12-8-18(9-13-27)17-26-11-10-20-14-19(6-7-23(20)26)21-15-24-25-16-21;1-25(23,24)22-8-4-14(5-9-22)13-21-7-6-16-10-15(2-3-18(16)21)17-11-19-20-12-17/h2-5,8-9,12-15,18H,6-7,10-11,16H2,1H3,(H,25,26);2-4,7-9,12-15,18H,5-6,10-11,16H2,1H3,(H,25,26);2-3,6-7,10-15,18H,4-5,8-9,16H2,1H3,(H,25,26);6-7,10-11,14-16,18,22H,1-5,8-9,12-13,17H2,(H,24,25);2-3,6-7,10-12,14H,4-5,8-9,13H2,1H3,(H,19,20). The molecular formula is C110H127N23O10S5. The van der Waals surface area contributed by atoms with Crippen molar-refractivity contribution in [3.8, 4) is 55.6 Å². The van der Waals surface area contributed by atoms with Crippen LogP contribution in [0.1, 0.15) is 113 Å². The zero-order valence-electron chi connectivity index (χ0n) is 83.8. The summed E-state index contributed by atoms with van der Waals surface area (Å²) in [6.07, 6.45) is 52.3. The summed E-state index contributed by atoms with van der Waals surface area (Å²) in [7, 11) is -16.6. The van der Waals surface area contributed by atoms with Crippen molar-refractivity contribution in [3.05, 3.63) is 286 Å². The predicted octanol–water partition coefficient (Wildman–Crippen LogP) is 18.6. The van der Waals surface area contributed by atoms with E-state index in [0.717, 1.165) is 189 Å². The molecule has 0 amide bonds. The molecule has 18 aromatic rings. The number of rotatable bonds is 24. The second-order valence-corrected chi connectivity index (χ2v) is 50.4. The number of sulfonamides is 5. The molecule has 0 spiro atoms. The van der Waals surface area contributed by atoms with Gasteiger partial charge in [0.15, 0.2) is 5.03 Å². The summed E-state index contributed by atoms with van der Waals surface area (Å²) < 4.78 is 147. The first-order chi connectivity index (χ1) is 71.6. The molecule has 0 radical (unpaired) electrons. The lowest BCUT2D eigenvalue weighted by atomic mass is 9.98. The summed E-state index contributed by atoms with van der Waals surface area (Å²) in [5.41, 5.74) is 19.7. The summed E-state index contributed by atoms with van der Waals surface area (Å²) in [4.78, 5) is 12.8. The van der Waals surface area contributed by atoms with E-state index in [2.05, 4.69) is 241 Å². The van der Waals surface area contributed by atoms with E-state index in [1.807, 2.05) is 75.8 Å². The molecule has 0 atom stereocenters. The van der Waals surface area contributed by atoms with Crippen molar-refractivity contribution in [2.45, 2.75) is 170 Å². The Hall–Kier alpha value is -13.2. The van der Waals surface area contributed by atoms with E-state index in [1.165, 1.54) is 73.4 Å². The molecule has 13 aromatic heterocycles. The number of nitrogens with zero attached hydrogens (tertiary/aromatic N) is 18. The van der Waals surface area contributed by atoms with E-state index in [-0.39, 0.29) is 15.2 Å². The Bertz CT molecular complexity index is 8170. The molecule has 0 unspecified atom stereocenters. The monoisotopic (exact) mass is 2090 g/mol. The van der Waals surface area contributed by atoms with E-state index >= 15 is 0 Å². The molecule has 18 heterocycles. The molecule has 148 heavy (non-hydrogen) atoms. The highest BCUT2D eigenvalue weighted by Crippen LogP contribution is 2.38. The molecule has 1 saturated carbocycles. The number of aromatic nitrogens is 18. The Balaban J connectivity index is 0.000000112. The second kappa shape index (κ2) is 44.7. The zero-order valence-corrected chi connectivity index (χ0v) is 87.8. The van der Waals surface area contributed by atoms with Gasteiger partial charge in [-0.2, -0.15) is 38.4 Å². The lowest BCUT2D eigenvalue weighted by molar-refractivity contribution is 0.251. The van der Waals surface area contributed by atoms with E-state index in [9.17, 15) is 42.1 Å². The quantitative estimate of drug-likeness (QED) is 0.0375. The Kier molecular flexibility index (Phi) is 30.8. The van der Waals surface area contributed by atoms with Crippen molar-refractivity contribution in [2.24, 2.45) is 29.6 Å².